The van der Waals surface area contributed by atoms with E-state index < -0.39 is 0 Å². The third-order valence-electron chi connectivity index (χ3n) is 3.27. The van der Waals surface area contributed by atoms with Gasteiger partial charge in [0.1, 0.15) is 0 Å². The molecule has 0 bridgehead atoms. The molecule has 0 amide bonds. The van der Waals surface area contributed by atoms with Gasteiger partial charge < -0.3 is 10.1 Å². The lowest BCUT2D eigenvalue weighted by Gasteiger charge is -2.29. The Labute approximate surface area is 108 Å². The molecule has 0 saturated carbocycles. The van der Waals surface area contributed by atoms with Gasteiger partial charge in [-0.15, -0.1) is 0 Å². The van der Waals surface area contributed by atoms with E-state index >= 15 is 0 Å². The van der Waals surface area contributed by atoms with Crippen LogP contribution in [-0.4, -0.2) is 18.2 Å². The van der Waals surface area contributed by atoms with Crippen LogP contribution in [0.15, 0.2) is 24.3 Å². The van der Waals surface area contributed by atoms with Crippen LogP contribution in [0.4, 0.5) is 0 Å². The van der Waals surface area contributed by atoms with Crippen molar-refractivity contribution in [3.8, 4) is 0 Å². The van der Waals surface area contributed by atoms with Crippen molar-refractivity contribution in [2.75, 3.05) is 6.61 Å². The number of hydrogen-bond donors (Lipinski definition) is 1. The minimum absolute atomic E-state index is 0.0791. The quantitative estimate of drug-likeness (QED) is 0.826. The molecule has 17 heavy (non-hydrogen) atoms. The van der Waals surface area contributed by atoms with Gasteiger partial charge in [-0.05, 0) is 44.9 Å². The van der Waals surface area contributed by atoms with E-state index in [1.807, 2.05) is 18.2 Å². The summed E-state index contributed by atoms with van der Waals surface area (Å²) in [6.45, 7) is 7.38. The van der Waals surface area contributed by atoms with Crippen LogP contribution in [-0.2, 0) is 4.74 Å². The van der Waals surface area contributed by atoms with Crippen molar-refractivity contribution >= 4 is 11.6 Å². The van der Waals surface area contributed by atoms with Gasteiger partial charge in [0.05, 0.1) is 6.10 Å². The summed E-state index contributed by atoms with van der Waals surface area (Å²) in [5.74, 6) is 0. The molecule has 1 heterocycles. The van der Waals surface area contributed by atoms with Crippen LogP contribution in [0, 0.1) is 0 Å². The standard InChI is InChI=1S/C14H20ClNO/c1-10-13(11-5-4-6-12(15)9-11)17-8-7-14(2,3)16-10/h4-6,9-10,13,16H,7-8H2,1-3H3. The second kappa shape index (κ2) is 4.97. The molecule has 0 radical (unpaired) electrons. The minimum Gasteiger partial charge on any atom is -0.372 e. The van der Waals surface area contributed by atoms with E-state index in [0.717, 1.165) is 23.6 Å². The number of hydrogen-bond acceptors (Lipinski definition) is 2. The second-order valence-electron chi connectivity index (χ2n) is 5.41. The molecule has 0 aromatic heterocycles. The molecule has 1 aromatic rings. The van der Waals surface area contributed by atoms with Crippen molar-refractivity contribution < 1.29 is 4.74 Å². The van der Waals surface area contributed by atoms with E-state index in [9.17, 15) is 0 Å². The Morgan fingerprint density at radius 2 is 2.18 bits per heavy atom. The average Bonchev–Trinajstić information content (AvgIpc) is 2.35. The zero-order valence-corrected chi connectivity index (χ0v) is 11.4. The summed E-state index contributed by atoms with van der Waals surface area (Å²) >= 11 is 6.03. The van der Waals surface area contributed by atoms with Crippen molar-refractivity contribution in [3.05, 3.63) is 34.9 Å². The first-order valence-corrected chi connectivity index (χ1v) is 6.50. The van der Waals surface area contributed by atoms with Crippen molar-refractivity contribution in [2.24, 2.45) is 0 Å². The normalized spacial score (nSPS) is 28.7. The average molecular weight is 254 g/mol. The maximum Gasteiger partial charge on any atom is 0.0975 e. The smallest absolute Gasteiger partial charge is 0.0975 e. The lowest BCUT2D eigenvalue weighted by molar-refractivity contribution is 0.0460. The molecule has 1 saturated heterocycles. The molecule has 2 atom stereocenters. The highest BCUT2D eigenvalue weighted by atomic mass is 35.5. The maximum atomic E-state index is 6.03. The highest BCUT2D eigenvalue weighted by Gasteiger charge is 2.30. The summed E-state index contributed by atoms with van der Waals surface area (Å²) in [6, 6.07) is 8.22. The summed E-state index contributed by atoms with van der Waals surface area (Å²) in [6.07, 6.45) is 1.10. The van der Waals surface area contributed by atoms with Crippen LogP contribution in [0.2, 0.25) is 5.02 Å². The molecule has 0 spiro atoms. The molecule has 1 aliphatic rings. The zero-order chi connectivity index (χ0) is 12.5. The van der Waals surface area contributed by atoms with Crippen LogP contribution in [0.1, 0.15) is 38.9 Å². The molecule has 94 valence electrons. The molecule has 2 nitrogen and oxygen atoms in total. The topological polar surface area (TPSA) is 21.3 Å². The van der Waals surface area contributed by atoms with Gasteiger partial charge in [0.25, 0.3) is 0 Å². The molecular formula is C14H20ClNO. The van der Waals surface area contributed by atoms with Gasteiger partial charge in [-0.25, -0.2) is 0 Å². The Balaban J connectivity index is 2.21. The SMILES string of the molecule is CC1NC(C)(C)CCOC1c1cccc(Cl)c1. The van der Waals surface area contributed by atoms with Crippen molar-refractivity contribution in [1.29, 1.82) is 0 Å². The molecule has 2 unspecified atom stereocenters. The van der Waals surface area contributed by atoms with Gasteiger partial charge >= 0.3 is 0 Å². The molecule has 1 aliphatic heterocycles. The van der Waals surface area contributed by atoms with Gasteiger partial charge in [-0.3, -0.25) is 0 Å². The van der Waals surface area contributed by atoms with Crippen molar-refractivity contribution in [2.45, 2.75) is 44.9 Å². The fourth-order valence-electron chi connectivity index (χ4n) is 2.42. The fourth-order valence-corrected chi connectivity index (χ4v) is 2.62. The van der Waals surface area contributed by atoms with Gasteiger partial charge in [0.2, 0.25) is 0 Å². The number of benzene rings is 1. The van der Waals surface area contributed by atoms with Crippen LogP contribution >= 0.6 is 11.6 Å². The lowest BCUT2D eigenvalue weighted by Crippen LogP contribution is -2.45. The first-order valence-electron chi connectivity index (χ1n) is 6.13. The maximum absolute atomic E-state index is 6.03. The number of ether oxygens (including phenoxy) is 1. The van der Waals surface area contributed by atoms with Crippen LogP contribution in [0.25, 0.3) is 0 Å². The number of rotatable bonds is 1. The Bertz CT molecular complexity index is 392. The van der Waals surface area contributed by atoms with Crippen molar-refractivity contribution in [3.63, 3.8) is 0 Å². The molecular weight excluding hydrogens is 234 g/mol. The van der Waals surface area contributed by atoms with Crippen LogP contribution in [0.3, 0.4) is 0 Å². The predicted molar refractivity (Wildman–Crippen MR) is 71.4 cm³/mol. The Hall–Kier alpha value is -0.570. The molecule has 3 heteroatoms. The van der Waals surface area contributed by atoms with E-state index in [2.05, 4.69) is 32.2 Å². The van der Waals surface area contributed by atoms with E-state index in [-0.39, 0.29) is 17.7 Å². The monoisotopic (exact) mass is 253 g/mol. The second-order valence-corrected chi connectivity index (χ2v) is 5.85. The van der Waals surface area contributed by atoms with E-state index in [1.54, 1.807) is 0 Å². The predicted octanol–water partition coefficient (Wildman–Crippen LogP) is 3.56. The minimum atomic E-state index is 0.0791. The van der Waals surface area contributed by atoms with E-state index in [0.29, 0.717) is 0 Å². The van der Waals surface area contributed by atoms with Crippen LogP contribution < -0.4 is 5.32 Å². The first kappa shape index (κ1) is 12.9. The largest absolute Gasteiger partial charge is 0.372 e. The summed E-state index contributed by atoms with van der Waals surface area (Å²) < 4.78 is 5.97. The van der Waals surface area contributed by atoms with E-state index in [1.165, 1.54) is 0 Å². The molecule has 1 fully saturated rings. The first-order chi connectivity index (χ1) is 7.98. The highest BCUT2D eigenvalue weighted by molar-refractivity contribution is 6.30. The zero-order valence-electron chi connectivity index (χ0n) is 10.7. The summed E-state index contributed by atoms with van der Waals surface area (Å²) in [5, 5.41) is 4.38. The summed E-state index contributed by atoms with van der Waals surface area (Å²) in [5.41, 5.74) is 1.28. The lowest BCUT2D eigenvalue weighted by atomic mass is 9.98. The Morgan fingerprint density at radius 3 is 2.88 bits per heavy atom. The van der Waals surface area contributed by atoms with Gasteiger partial charge in [0.15, 0.2) is 0 Å². The number of nitrogens with one attached hydrogen (secondary N) is 1. The highest BCUT2D eigenvalue weighted by Crippen LogP contribution is 2.28. The fraction of sp³-hybridized carbons (Fsp3) is 0.571. The van der Waals surface area contributed by atoms with Crippen LogP contribution in [0.5, 0.6) is 0 Å². The van der Waals surface area contributed by atoms with Crippen molar-refractivity contribution in [1.82, 2.24) is 5.32 Å². The third kappa shape index (κ3) is 3.21. The molecule has 2 rings (SSSR count). The van der Waals surface area contributed by atoms with Gasteiger partial charge in [-0.2, -0.15) is 0 Å². The molecule has 1 N–H and O–H groups in total. The molecule has 1 aromatic carbocycles. The Kier molecular flexibility index (Phi) is 3.76. The van der Waals surface area contributed by atoms with Gasteiger partial charge in [-0.1, -0.05) is 23.7 Å². The summed E-state index contributed by atoms with van der Waals surface area (Å²) in [4.78, 5) is 0. The van der Waals surface area contributed by atoms with E-state index in [4.69, 9.17) is 16.3 Å². The number of halogens is 1. The Morgan fingerprint density at radius 1 is 1.41 bits per heavy atom. The third-order valence-corrected chi connectivity index (χ3v) is 3.51. The van der Waals surface area contributed by atoms with Gasteiger partial charge in [0, 0.05) is 23.2 Å². The summed E-state index contributed by atoms with van der Waals surface area (Å²) in [7, 11) is 0. The molecule has 0 aliphatic carbocycles.